The van der Waals surface area contributed by atoms with E-state index in [0.29, 0.717) is 17.0 Å². The Morgan fingerprint density at radius 2 is 1.73 bits per heavy atom. The summed E-state index contributed by atoms with van der Waals surface area (Å²) < 4.78 is 7.07. The van der Waals surface area contributed by atoms with Gasteiger partial charge in [-0.15, -0.1) is 0 Å². The molecule has 4 atom stereocenters. The van der Waals surface area contributed by atoms with E-state index in [-0.39, 0.29) is 0 Å². The molecule has 5 rings (SSSR count). The highest BCUT2D eigenvalue weighted by atomic mass is 16.6. The average Bonchev–Trinajstić information content (AvgIpc) is 3.41. The number of benzene rings is 2. The summed E-state index contributed by atoms with van der Waals surface area (Å²) in [5.41, 5.74) is 6.86. The van der Waals surface area contributed by atoms with E-state index >= 15 is 0 Å². The van der Waals surface area contributed by atoms with Crippen LogP contribution in [0, 0.1) is 0 Å². The third kappa shape index (κ3) is 4.08. The zero-order valence-electron chi connectivity index (χ0n) is 17.4. The number of imidazole rings is 1. The molecule has 0 radical (unpaired) electrons. The third-order valence-electron chi connectivity index (χ3n) is 5.55. The molecular formula is C23H22N6O4. The van der Waals surface area contributed by atoms with Crippen molar-refractivity contribution in [1.29, 1.82) is 0 Å². The van der Waals surface area contributed by atoms with Gasteiger partial charge in [0.1, 0.15) is 24.6 Å². The minimum absolute atomic E-state index is 0.377. The Kier molecular flexibility index (Phi) is 5.80. The number of aromatic nitrogens is 4. The number of aliphatic hydroxyl groups excluding tert-OH is 3. The first kappa shape index (κ1) is 21.2. The first-order valence-corrected chi connectivity index (χ1v) is 10.4. The molecule has 168 valence electrons. The van der Waals surface area contributed by atoms with Gasteiger partial charge in [-0.1, -0.05) is 54.6 Å². The van der Waals surface area contributed by atoms with Crippen molar-refractivity contribution in [2.75, 3.05) is 12.0 Å². The van der Waals surface area contributed by atoms with Gasteiger partial charge >= 0.3 is 0 Å². The Bertz CT molecular complexity index is 1260. The number of anilines is 1. The zero-order chi connectivity index (χ0) is 22.8. The molecule has 0 spiro atoms. The summed E-state index contributed by atoms with van der Waals surface area (Å²) in [5, 5.41) is 33.9. The molecule has 1 fully saturated rings. The third-order valence-corrected chi connectivity index (χ3v) is 5.55. The van der Waals surface area contributed by atoms with Gasteiger partial charge in [-0.25, -0.2) is 15.0 Å². The number of nitrogens with one attached hydrogen (secondary N) is 1. The minimum atomic E-state index is -1.23. The van der Waals surface area contributed by atoms with E-state index < -0.39 is 31.1 Å². The number of hydrogen-bond acceptors (Lipinski definition) is 9. The summed E-state index contributed by atoms with van der Waals surface area (Å²) in [5.74, 6) is 0.377. The van der Waals surface area contributed by atoms with Gasteiger partial charge in [-0.05, 0) is 16.7 Å². The Morgan fingerprint density at radius 1 is 0.970 bits per heavy atom. The smallest absolute Gasteiger partial charge is 0.177 e. The maximum Gasteiger partial charge on any atom is 0.177 e. The lowest BCUT2D eigenvalue weighted by Crippen LogP contribution is -2.33. The highest BCUT2D eigenvalue weighted by Crippen LogP contribution is 2.32. The van der Waals surface area contributed by atoms with Crippen molar-refractivity contribution in [2.45, 2.75) is 24.5 Å². The molecule has 0 saturated carbocycles. The van der Waals surface area contributed by atoms with Crippen molar-refractivity contribution in [3.05, 3.63) is 72.8 Å². The van der Waals surface area contributed by atoms with Crippen LogP contribution in [0.3, 0.4) is 0 Å². The highest BCUT2D eigenvalue weighted by Gasteiger charge is 2.44. The van der Waals surface area contributed by atoms with Gasteiger partial charge in [0.15, 0.2) is 23.2 Å². The van der Waals surface area contributed by atoms with Crippen molar-refractivity contribution < 1.29 is 20.1 Å². The standard InChI is InChI=1S/C23H22N6O4/c30-11-17-19(31)20(32)23(33-17)29-13-26-18-21(24-12-25-22(18)29)28-27-10-14-6-8-16(9-7-14)15-4-2-1-3-5-15/h1-10,12-13,17,19-20,23,30-32H,11H2,(H,24,25,28)/b27-10+/t17-,19?,20+,23-/m1/s1. The predicted octanol–water partition coefficient (Wildman–Crippen LogP) is 1.55. The van der Waals surface area contributed by atoms with E-state index in [1.165, 1.54) is 17.2 Å². The van der Waals surface area contributed by atoms with Crippen LogP contribution in [0.4, 0.5) is 5.82 Å². The molecule has 2 aromatic heterocycles. The van der Waals surface area contributed by atoms with Gasteiger partial charge in [0.05, 0.1) is 19.1 Å². The monoisotopic (exact) mass is 446 g/mol. The van der Waals surface area contributed by atoms with E-state index in [1.807, 2.05) is 42.5 Å². The number of rotatable bonds is 6. The topological polar surface area (TPSA) is 138 Å². The highest BCUT2D eigenvalue weighted by molar-refractivity contribution is 5.85. The fraction of sp³-hybridized carbons (Fsp3) is 0.217. The molecule has 1 aliphatic rings. The average molecular weight is 446 g/mol. The van der Waals surface area contributed by atoms with E-state index in [0.717, 1.165) is 16.7 Å². The van der Waals surface area contributed by atoms with Crippen molar-refractivity contribution in [2.24, 2.45) is 5.10 Å². The van der Waals surface area contributed by atoms with Crippen molar-refractivity contribution in [1.82, 2.24) is 19.5 Å². The molecule has 1 aliphatic heterocycles. The van der Waals surface area contributed by atoms with Gasteiger partial charge in [0.25, 0.3) is 0 Å². The molecule has 1 saturated heterocycles. The first-order valence-electron chi connectivity index (χ1n) is 10.4. The van der Waals surface area contributed by atoms with Crippen LogP contribution in [0.2, 0.25) is 0 Å². The number of nitrogens with zero attached hydrogens (tertiary/aromatic N) is 5. The maximum absolute atomic E-state index is 10.3. The fourth-order valence-corrected chi connectivity index (χ4v) is 3.79. The van der Waals surface area contributed by atoms with Crippen molar-refractivity contribution >= 4 is 23.2 Å². The molecule has 10 heteroatoms. The largest absolute Gasteiger partial charge is 0.394 e. The Balaban J connectivity index is 1.32. The Morgan fingerprint density at radius 3 is 2.45 bits per heavy atom. The number of fused-ring (bicyclic) bond motifs is 1. The number of hydrogen-bond donors (Lipinski definition) is 4. The number of hydrazone groups is 1. The van der Waals surface area contributed by atoms with Crippen LogP contribution in [0.1, 0.15) is 11.8 Å². The molecule has 1 unspecified atom stereocenters. The van der Waals surface area contributed by atoms with E-state index in [9.17, 15) is 15.3 Å². The van der Waals surface area contributed by atoms with Crippen LogP contribution in [0.5, 0.6) is 0 Å². The molecule has 0 bridgehead atoms. The molecule has 0 aliphatic carbocycles. The summed E-state index contributed by atoms with van der Waals surface area (Å²) in [7, 11) is 0. The summed E-state index contributed by atoms with van der Waals surface area (Å²) in [6.45, 7) is -0.413. The van der Waals surface area contributed by atoms with Crippen LogP contribution in [0.25, 0.3) is 22.3 Å². The van der Waals surface area contributed by atoms with E-state index in [1.54, 1.807) is 6.21 Å². The second-order valence-corrected chi connectivity index (χ2v) is 7.63. The predicted molar refractivity (Wildman–Crippen MR) is 121 cm³/mol. The van der Waals surface area contributed by atoms with Gasteiger partial charge < -0.3 is 20.1 Å². The normalized spacial score (nSPS) is 22.9. The van der Waals surface area contributed by atoms with E-state index in [4.69, 9.17) is 4.74 Å². The summed E-state index contributed by atoms with van der Waals surface area (Å²) in [4.78, 5) is 12.7. The summed E-state index contributed by atoms with van der Waals surface area (Å²) in [6.07, 6.45) is 0.186. The Labute approximate surface area is 188 Å². The minimum Gasteiger partial charge on any atom is -0.394 e. The van der Waals surface area contributed by atoms with Gasteiger partial charge in [-0.3, -0.25) is 9.99 Å². The molecule has 2 aromatic carbocycles. The van der Waals surface area contributed by atoms with Crippen molar-refractivity contribution in [3.63, 3.8) is 0 Å². The lowest BCUT2D eigenvalue weighted by atomic mass is 10.0. The van der Waals surface area contributed by atoms with Crippen LogP contribution < -0.4 is 5.43 Å². The van der Waals surface area contributed by atoms with Gasteiger partial charge in [0.2, 0.25) is 0 Å². The van der Waals surface area contributed by atoms with Crippen LogP contribution >= 0.6 is 0 Å². The quantitative estimate of drug-likeness (QED) is 0.259. The molecular weight excluding hydrogens is 424 g/mol. The van der Waals surface area contributed by atoms with Gasteiger partial charge in [-0.2, -0.15) is 5.10 Å². The van der Waals surface area contributed by atoms with Crippen LogP contribution in [-0.4, -0.2) is 66.0 Å². The molecule has 33 heavy (non-hydrogen) atoms. The summed E-state index contributed by atoms with van der Waals surface area (Å²) in [6, 6.07) is 18.1. The van der Waals surface area contributed by atoms with Crippen LogP contribution in [0.15, 0.2) is 72.4 Å². The lowest BCUT2D eigenvalue weighted by molar-refractivity contribution is -0.0511. The summed E-state index contributed by atoms with van der Waals surface area (Å²) >= 11 is 0. The second kappa shape index (κ2) is 9.04. The SMILES string of the molecule is OC[C@H]1O[C@@H](n2cnc3c(N/N=C/c4ccc(-c5ccccc5)cc4)ncnc32)[C@@H](O)C1O. The number of ether oxygens (including phenoxy) is 1. The van der Waals surface area contributed by atoms with Gasteiger partial charge in [0, 0.05) is 0 Å². The molecule has 0 amide bonds. The van der Waals surface area contributed by atoms with Crippen molar-refractivity contribution in [3.8, 4) is 11.1 Å². The Hall–Kier alpha value is -3.70. The van der Waals surface area contributed by atoms with E-state index in [2.05, 4.69) is 37.6 Å². The zero-order valence-corrected chi connectivity index (χ0v) is 17.4. The van der Waals surface area contributed by atoms with Crippen LogP contribution in [-0.2, 0) is 4.74 Å². The first-order chi connectivity index (χ1) is 16.2. The second-order valence-electron chi connectivity index (χ2n) is 7.63. The molecule has 4 N–H and O–H groups in total. The molecule has 3 heterocycles. The molecule has 4 aromatic rings. The number of aliphatic hydroxyl groups is 3. The fourth-order valence-electron chi connectivity index (χ4n) is 3.79. The maximum atomic E-state index is 10.3. The lowest BCUT2D eigenvalue weighted by Gasteiger charge is -2.16. The molecule has 10 nitrogen and oxygen atoms in total.